The third-order valence-electron chi connectivity index (χ3n) is 2.71. The Morgan fingerprint density at radius 1 is 1.33 bits per heavy atom. The van der Waals surface area contributed by atoms with Gasteiger partial charge in [0.25, 0.3) is 0 Å². The van der Waals surface area contributed by atoms with Gasteiger partial charge < -0.3 is 9.47 Å². The first-order valence-electron chi connectivity index (χ1n) is 6.27. The summed E-state index contributed by atoms with van der Waals surface area (Å²) in [6, 6.07) is 9.92. The lowest BCUT2D eigenvalue weighted by atomic mass is 10.2. The van der Waals surface area contributed by atoms with Gasteiger partial charge in [0, 0.05) is 11.5 Å². The molecule has 0 aliphatic carbocycles. The second-order valence-electron chi connectivity index (χ2n) is 4.25. The molecule has 1 unspecified atom stereocenters. The van der Waals surface area contributed by atoms with Gasteiger partial charge in [0.15, 0.2) is 12.1 Å². The Morgan fingerprint density at radius 3 is 2.89 bits per heavy atom. The maximum absolute atomic E-state index is 11.7. The van der Waals surface area contributed by atoms with E-state index >= 15 is 0 Å². The lowest BCUT2D eigenvalue weighted by molar-refractivity contribution is -0.167. The van der Waals surface area contributed by atoms with Gasteiger partial charge in [0.1, 0.15) is 6.61 Å². The van der Waals surface area contributed by atoms with Crippen LogP contribution in [0.1, 0.15) is 19.3 Å². The molecule has 3 nitrogen and oxygen atoms in total. The van der Waals surface area contributed by atoms with E-state index in [1.807, 2.05) is 30.3 Å². The van der Waals surface area contributed by atoms with Crippen molar-refractivity contribution in [1.29, 1.82) is 0 Å². The van der Waals surface area contributed by atoms with Crippen molar-refractivity contribution in [2.24, 2.45) is 0 Å². The van der Waals surface area contributed by atoms with Gasteiger partial charge in [0.05, 0.1) is 5.75 Å². The quantitative estimate of drug-likeness (QED) is 0.742. The van der Waals surface area contributed by atoms with Gasteiger partial charge in [-0.15, -0.1) is 11.8 Å². The molecule has 0 N–H and O–H groups in total. The van der Waals surface area contributed by atoms with Crippen LogP contribution in [0.2, 0.25) is 0 Å². The van der Waals surface area contributed by atoms with Crippen molar-refractivity contribution in [2.45, 2.75) is 30.4 Å². The predicted molar refractivity (Wildman–Crippen MR) is 71.7 cm³/mol. The van der Waals surface area contributed by atoms with Crippen LogP contribution < -0.4 is 0 Å². The second kappa shape index (κ2) is 7.56. The molecule has 1 aliphatic rings. The number of Topliss-reactive ketones (excluding diaryl/α,β-unsaturated/α-hetero) is 1. The zero-order chi connectivity index (χ0) is 12.6. The fourth-order valence-corrected chi connectivity index (χ4v) is 2.51. The molecule has 18 heavy (non-hydrogen) atoms. The SMILES string of the molecule is O=C(COC1CCCCO1)CSc1ccccc1. The van der Waals surface area contributed by atoms with E-state index in [-0.39, 0.29) is 18.7 Å². The first-order valence-corrected chi connectivity index (χ1v) is 7.26. The van der Waals surface area contributed by atoms with Crippen LogP contribution in [0, 0.1) is 0 Å². The average molecular weight is 266 g/mol. The summed E-state index contributed by atoms with van der Waals surface area (Å²) in [5.41, 5.74) is 0. The number of carbonyl (C=O) groups excluding carboxylic acids is 1. The maximum atomic E-state index is 11.7. The van der Waals surface area contributed by atoms with Gasteiger partial charge in [-0.2, -0.15) is 0 Å². The number of rotatable bonds is 6. The van der Waals surface area contributed by atoms with Gasteiger partial charge in [-0.25, -0.2) is 0 Å². The van der Waals surface area contributed by atoms with Crippen LogP contribution in [0.5, 0.6) is 0 Å². The first-order chi connectivity index (χ1) is 8.84. The summed E-state index contributed by atoms with van der Waals surface area (Å²) >= 11 is 1.54. The molecule has 1 saturated heterocycles. The minimum atomic E-state index is -0.176. The first kappa shape index (κ1) is 13.6. The molecule has 1 atom stereocenters. The predicted octanol–water partition coefficient (Wildman–Crippen LogP) is 2.89. The van der Waals surface area contributed by atoms with Gasteiger partial charge >= 0.3 is 0 Å². The van der Waals surface area contributed by atoms with E-state index in [9.17, 15) is 4.79 Å². The largest absolute Gasteiger partial charge is 0.353 e. The molecular weight excluding hydrogens is 248 g/mol. The Bertz CT molecular complexity index is 361. The number of hydrogen-bond donors (Lipinski definition) is 0. The maximum Gasteiger partial charge on any atom is 0.168 e. The highest BCUT2D eigenvalue weighted by atomic mass is 32.2. The summed E-state index contributed by atoms with van der Waals surface area (Å²) in [7, 11) is 0. The lowest BCUT2D eigenvalue weighted by Crippen LogP contribution is -2.25. The Kier molecular flexibility index (Phi) is 5.71. The summed E-state index contributed by atoms with van der Waals surface area (Å²) < 4.78 is 10.9. The van der Waals surface area contributed by atoms with Crippen LogP contribution in [0.4, 0.5) is 0 Å². The number of hydrogen-bond acceptors (Lipinski definition) is 4. The van der Waals surface area contributed by atoms with Crippen molar-refractivity contribution in [1.82, 2.24) is 0 Å². The van der Waals surface area contributed by atoms with E-state index in [1.165, 1.54) is 0 Å². The molecule has 2 rings (SSSR count). The minimum Gasteiger partial charge on any atom is -0.353 e. The van der Waals surface area contributed by atoms with E-state index in [1.54, 1.807) is 11.8 Å². The van der Waals surface area contributed by atoms with Gasteiger partial charge in [-0.3, -0.25) is 4.79 Å². The topological polar surface area (TPSA) is 35.5 Å². The molecule has 0 spiro atoms. The van der Waals surface area contributed by atoms with Crippen molar-refractivity contribution >= 4 is 17.5 Å². The summed E-state index contributed by atoms with van der Waals surface area (Å²) in [5, 5.41) is 0. The third-order valence-corrected chi connectivity index (χ3v) is 3.78. The Morgan fingerprint density at radius 2 is 2.17 bits per heavy atom. The summed E-state index contributed by atoms with van der Waals surface area (Å²) in [6.07, 6.45) is 2.94. The summed E-state index contributed by atoms with van der Waals surface area (Å²) in [4.78, 5) is 12.8. The molecule has 98 valence electrons. The Hall–Kier alpha value is -0.840. The molecule has 0 aromatic heterocycles. The zero-order valence-corrected chi connectivity index (χ0v) is 11.2. The van der Waals surface area contributed by atoms with E-state index < -0.39 is 0 Å². The Balaban J connectivity index is 1.63. The zero-order valence-electron chi connectivity index (χ0n) is 10.3. The van der Waals surface area contributed by atoms with E-state index in [4.69, 9.17) is 9.47 Å². The van der Waals surface area contributed by atoms with Crippen LogP contribution in [-0.2, 0) is 14.3 Å². The van der Waals surface area contributed by atoms with E-state index in [0.717, 1.165) is 30.8 Å². The highest BCUT2D eigenvalue weighted by Crippen LogP contribution is 2.17. The van der Waals surface area contributed by atoms with Crippen molar-refractivity contribution in [3.8, 4) is 0 Å². The second-order valence-corrected chi connectivity index (χ2v) is 5.30. The van der Waals surface area contributed by atoms with Crippen LogP contribution in [0.3, 0.4) is 0 Å². The van der Waals surface area contributed by atoms with Crippen LogP contribution >= 0.6 is 11.8 Å². The number of ketones is 1. The molecular formula is C14H18O3S. The molecule has 1 heterocycles. The monoisotopic (exact) mass is 266 g/mol. The van der Waals surface area contributed by atoms with Crippen LogP contribution in [0.25, 0.3) is 0 Å². The number of thioether (sulfide) groups is 1. The third kappa shape index (κ3) is 4.80. The van der Waals surface area contributed by atoms with Crippen molar-refractivity contribution in [3.63, 3.8) is 0 Å². The normalized spacial score (nSPS) is 19.7. The standard InChI is InChI=1S/C14H18O3S/c15-12(10-17-14-8-4-5-9-16-14)11-18-13-6-2-1-3-7-13/h1-3,6-7,14H,4-5,8-11H2. The van der Waals surface area contributed by atoms with Crippen molar-refractivity contribution < 1.29 is 14.3 Å². The Labute approximate surface area is 112 Å². The van der Waals surface area contributed by atoms with Gasteiger partial charge in [-0.1, -0.05) is 18.2 Å². The lowest BCUT2D eigenvalue weighted by Gasteiger charge is -2.22. The van der Waals surface area contributed by atoms with Crippen molar-refractivity contribution in [2.75, 3.05) is 19.0 Å². The van der Waals surface area contributed by atoms with Crippen LogP contribution in [-0.4, -0.2) is 31.0 Å². The molecule has 1 fully saturated rings. The van der Waals surface area contributed by atoms with E-state index in [2.05, 4.69) is 0 Å². The number of ether oxygens (including phenoxy) is 2. The molecule has 1 aliphatic heterocycles. The van der Waals surface area contributed by atoms with Gasteiger partial charge in [0.2, 0.25) is 0 Å². The fraction of sp³-hybridized carbons (Fsp3) is 0.500. The van der Waals surface area contributed by atoms with Crippen molar-refractivity contribution in [3.05, 3.63) is 30.3 Å². The van der Waals surface area contributed by atoms with E-state index in [0.29, 0.717) is 5.75 Å². The van der Waals surface area contributed by atoms with Crippen LogP contribution in [0.15, 0.2) is 35.2 Å². The highest BCUT2D eigenvalue weighted by Gasteiger charge is 2.15. The molecule has 0 radical (unpaired) electrons. The smallest absolute Gasteiger partial charge is 0.168 e. The minimum absolute atomic E-state index is 0.109. The average Bonchev–Trinajstić information content (AvgIpc) is 2.45. The van der Waals surface area contributed by atoms with Gasteiger partial charge in [-0.05, 0) is 31.4 Å². The fourth-order valence-electron chi connectivity index (χ4n) is 1.75. The molecule has 0 saturated carbocycles. The molecule has 0 amide bonds. The molecule has 4 heteroatoms. The summed E-state index contributed by atoms with van der Waals surface area (Å²) in [6.45, 7) is 0.905. The number of carbonyl (C=O) groups is 1. The highest BCUT2D eigenvalue weighted by molar-refractivity contribution is 8.00. The number of benzene rings is 1. The molecule has 0 bridgehead atoms. The molecule has 1 aromatic carbocycles. The summed E-state index contributed by atoms with van der Waals surface area (Å²) in [5.74, 6) is 0.564. The molecule has 1 aromatic rings.